The summed E-state index contributed by atoms with van der Waals surface area (Å²) in [5, 5.41) is 29.8. The highest BCUT2D eigenvalue weighted by Gasteiger charge is 2.26. The number of methoxy groups -OCH3 is 1. The van der Waals surface area contributed by atoms with Gasteiger partial charge in [-0.2, -0.15) is 5.10 Å². The van der Waals surface area contributed by atoms with E-state index in [0.29, 0.717) is 16.2 Å². The van der Waals surface area contributed by atoms with Crippen molar-refractivity contribution in [1.82, 2.24) is 14.8 Å². The zero-order valence-electron chi connectivity index (χ0n) is 15.6. The fourth-order valence-corrected chi connectivity index (χ4v) is 3.88. The Hall–Kier alpha value is -2.90. The van der Waals surface area contributed by atoms with Gasteiger partial charge in [0.15, 0.2) is 10.6 Å². The number of aliphatic hydroxyl groups is 2. The van der Waals surface area contributed by atoms with Crippen molar-refractivity contribution in [2.24, 2.45) is 5.92 Å². The average Bonchev–Trinajstić information content (AvgIpc) is 3.08. The second-order valence-electron chi connectivity index (χ2n) is 6.72. The van der Waals surface area contributed by atoms with Gasteiger partial charge in [0.1, 0.15) is 11.5 Å². The van der Waals surface area contributed by atoms with Crippen molar-refractivity contribution < 1.29 is 14.9 Å². The molecule has 1 aliphatic carbocycles. The number of hydrogen-bond acceptors (Lipinski definition) is 5. The van der Waals surface area contributed by atoms with Gasteiger partial charge in [-0.3, -0.25) is 9.67 Å². The molecule has 0 bridgehead atoms. The van der Waals surface area contributed by atoms with Gasteiger partial charge in [-0.05, 0) is 36.8 Å². The first-order valence-corrected chi connectivity index (χ1v) is 9.51. The highest BCUT2D eigenvalue weighted by molar-refractivity contribution is 7.71. The third-order valence-corrected chi connectivity index (χ3v) is 5.40. The topological polar surface area (TPSA) is 83.3 Å². The molecular weight excluding hydrogens is 374 g/mol. The van der Waals surface area contributed by atoms with Gasteiger partial charge in [0.25, 0.3) is 0 Å². The smallest absolute Gasteiger partial charge is 0.200 e. The van der Waals surface area contributed by atoms with Gasteiger partial charge < -0.3 is 14.9 Å². The predicted molar refractivity (Wildman–Crippen MR) is 111 cm³/mol. The van der Waals surface area contributed by atoms with E-state index in [9.17, 15) is 10.2 Å². The van der Waals surface area contributed by atoms with Crippen molar-refractivity contribution in [2.45, 2.75) is 19.4 Å². The summed E-state index contributed by atoms with van der Waals surface area (Å²) in [7, 11) is 1.64. The van der Waals surface area contributed by atoms with Gasteiger partial charge in [-0.1, -0.05) is 37.3 Å². The fraction of sp³-hybridized carbons (Fsp3) is 0.238. The van der Waals surface area contributed by atoms with E-state index in [1.165, 1.54) is 6.08 Å². The Kier molecular flexibility index (Phi) is 4.78. The second kappa shape index (κ2) is 7.26. The number of nitrogens with one attached hydrogen (secondary N) is 1. The summed E-state index contributed by atoms with van der Waals surface area (Å²) < 4.78 is 7.71. The van der Waals surface area contributed by atoms with E-state index < -0.39 is 6.10 Å². The van der Waals surface area contributed by atoms with E-state index >= 15 is 0 Å². The first-order valence-electron chi connectivity index (χ1n) is 9.10. The van der Waals surface area contributed by atoms with Crippen LogP contribution in [0.1, 0.15) is 19.2 Å². The maximum absolute atomic E-state index is 10.5. The lowest BCUT2D eigenvalue weighted by Crippen LogP contribution is -2.21. The minimum Gasteiger partial charge on any atom is -0.507 e. The Morgan fingerprint density at radius 1 is 1.18 bits per heavy atom. The predicted octanol–water partition coefficient (Wildman–Crippen LogP) is 4.32. The minimum absolute atomic E-state index is 0.00901. The molecule has 1 heterocycles. The van der Waals surface area contributed by atoms with Crippen LogP contribution >= 0.6 is 12.2 Å². The van der Waals surface area contributed by atoms with Gasteiger partial charge in [-0.15, -0.1) is 0 Å². The fourth-order valence-electron chi connectivity index (χ4n) is 3.65. The van der Waals surface area contributed by atoms with Gasteiger partial charge >= 0.3 is 0 Å². The van der Waals surface area contributed by atoms with E-state index in [1.54, 1.807) is 11.7 Å². The molecule has 2 atom stereocenters. The highest BCUT2D eigenvalue weighted by atomic mass is 32.1. The van der Waals surface area contributed by atoms with E-state index in [1.807, 2.05) is 49.4 Å². The first kappa shape index (κ1) is 18.5. The van der Waals surface area contributed by atoms with Crippen molar-refractivity contribution in [3.05, 3.63) is 64.9 Å². The maximum Gasteiger partial charge on any atom is 0.200 e. The van der Waals surface area contributed by atoms with Crippen LogP contribution < -0.4 is 4.74 Å². The molecule has 0 spiro atoms. The van der Waals surface area contributed by atoms with Crippen LogP contribution in [0.4, 0.5) is 0 Å². The lowest BCUT2D eigenvalue weighted by molar-refractivity contribution is 0.167. The van der Waals surface area contributed by atoms with Crippen molar-refractivity contribution in [3.8, 4) is 11.4 Å². The standard InChI is InChI=1S/C21H21N3O3S/c1-3-12-10-15(18(26)11-17(12)25)20-22-23-21(28)24(20)16-8-9-19(27-2)14-7-5-4-6-13(14)16/h4-12,17,25-26H,3H2,1-2H3,(H,23,28). The molecule has 3 N–H and O–H groups in total. The molecule has 6 nitrogen and oxygen atoms in total. The summed E-state index contributed by atoms with van der Waals surface area (Å²) in [5.41, 5.74) is 1.38. The number of aliphatic hydroxyl groups excluding tert-OH is 2. The molecule has 28 heavy (non-hydrogen) atoms. The number of rotatable bonds is 4. The molecule has 0 saturated carbocycles. The molecule has 7 heteroatoms. The van der Waals surface area contributed by atoms with Crippen LogP contribution in [0, 0.1) is 10.7 Å². The molecule has 4 rings (SSSR count). The number of ether oxygens (including phenoxy) is 1. The van der Waals surface area contributed by atoms with Crippen molar-refractivity contribution in [3.63, 3.8) is 0 Å². The summed E-state index contributed by atoms with van der Waals surface area (Å²) in [6.45, 7) is 1.99. The summed E-state index contributed by atoms with van der Waals surface area (Å²) in [4.78, 5) is 0. The number of aromatic amines is 1. The minimum atomic E-state index is -0.717. The second-order valence-corrected chi connectivity index (χ2v) is 7.10. The molecule has 144 valence electrons. The Bertz CT molecular complexity index is 1160. The van der Waals surface area contributed by atoms with Crippen molar-refractivity contribution in [2.75, 3.05) is 7.11 Å². The normalized spacial score (nSPS) is 19.4. The average molecular weight is 395 g/mol. The molecule has 1 aliphatic rings. The third kappa shape index (κ3) is 2.93. The lowest BCUT2D eigenvalue weighted by Gasteiger charge is -2.23. The van der Waals surface area contributed by atoms with Crippen LogP contribution in [0.3, 0.4) is 0 Å². The zero-order valence-corrected chi connectivity index (χ0v) is 16.4. The molecule has 0 aliphatic heterocycles. The molecule has 1 aromatic heterocycles. The quantitative estimate of drug-likeness (QED) is 0.573. The van der Waals surface area contributed by atoms with E-state index in [4.69, 9.17) is 17.0 Å². The number of fused-ring (bicyclic) bond motifs is 1. The largest absolute Gasteiger partial charge is 0.507 e. The van der Waals surface area contributed by atoms with Crippen LogP contribution in [0.2, 0.25) is 0 Å². The van der Waals surface area contributed by atoms with Crippen LogP contribution in [0.25, 0.3) is 22.0 Å². The molecule has 0 amide bonds. The summed E-state index contributed by atoms with van der Waals surface area (Å²) in [6.07, 6.45) is 3.33. The van der Waals surface area contributed by atoms with Crippen LogP contribution in [0.5, 0.6) is 5.75 Å². The maximum atomic E-state index is 10.5. The van der Waals surface area contributed by atoms with Gasteiger partial charge in [0, 0.05) is 16.7 Å². The molecule has 0 saturated heterocycles. The molecule has 3 aromatic rings. The number of hydrogen-bond donors (Lipinski definition) is 3. The Balaban J connectivity index is 1.96. The summed E-state index contributed by atoms with van der Waals surface area (Å²) in [6, 6.07) is 11.7. The zero-order chi connectivity index (χ0) is 19.8. The summed E-state index contributed by atoms with van der Waals surface area (Å²) in [5.74, 6) is 1.16. The SMILES string of the molecule is CCC1C=C(c2n[nH]c(=S)n2-c2ccc(OC)c3ccccc23)C(O)=CC1O. The Labute approximate surface area is 167 Å². The highest BCUT2D eigenvalue weighted by Crippen LogP contribution is 2.35. The molecule has 0 fully saturated rings. The van der Waals surface area contributed by atoms with Crippen molar-refractivity contribution in [1.29, 1.82) is 0 Å². The number of allylic oxidation sites excluding steroid dienone is 1. The van der Waals surface area contributed by atoms with Gasteiger partial charge in [0.05, 0.1) is 24.5 Å². The van der Waals surface area contributed by atoms with Crippen molar-refractivity contribution >= 4 is 28.6 Å². The van der Waals surface area contributed by atoms with E-state index in [2.05, 4.69) is 10.2 Å². The monoisotopic (exact) mass is 395 g/mol. The first-order chi connectivity index (χ1) is 13.5. The Morgan fingerprint density at radius 2 is 1.93 bits per heavy atom. The number of nitrogens with zero attached hydrogens (tertiary/aromatic N) is 2. The van der Waals surface area contributed by atoms with Crippen LogP contribution in [0.15, 0.2) is 54.3 Å². The molecule has 0 radical (unpaired) electrons. The number of benzene rings is 2. The van der Waals surface area contributed by atoms with Crippen LogP contribution in [-0.2, 0) is 0 Å². The Morgan fingerprint density at radius 3 is 2.64 bits per heavy atom. The van der Waals surface area contributed by atoms with E-state index in [-0.39, 0.29) is 11.7 Å². The molecular formula is C21H21N3O3S. The lowest BCUT2D eigenvalue weighted by atomic mass is 9.90. The molecule has 2 aromatic carbocycles. The van der Waals surface area contributed by atoms with Gasteiger partial charge in [0.2, 0.25) is 0 Å². The van der Waals surface area contributed by atoms with Gasteiger partial charge in [-0.25, -0.2) is 0 Å². The van der Waals surface area contributed by atoms with Crippen LogP contribution in [-0.4, -0.2) is 38.2 Å². The third-order valence-electron chi connectivity index (χ3n) is 5.13. The number of H-pyrrole nitrogens is 1. The summed E-state index contributed by atoms with van der Waals surface area (Å²) >= 11 is 5.50. The molecule has 2 unspecified atom stereocenters. The number of aromatic nitrogens is 3. The van der Waals surface area contributed by atoms with E-state index in [0.717, 1.165) is 28.6 Å².